The lowest BCUT2D eigenvalue weighted by Crippen LogP contribution is -2.07. The number of carbonyl (C=O) groups excluding carboxylic acids is 1. The van der Waals surface area contributed by atoms with Crippen molar-refractivity contribution in [2.45, 2.75) is 20.0 Å². The van der Waals surface area contributed by atoms with E-state index in [1.165, 1.54) is 21.3 Å². The van der Waals surface area contributed by atoms with Gasteiger partial charge in [-0.25, -0.2) is 9.79 Å². The Morgan fingerprint density at radius 2 is 1.52 bits per heavy atom. The zero-order valence-electron chi connectivity index (χ0n) is 18.3. The van der Waals surface area contributed by atoms with E-state index >= 15 is 0 Å². The summed E-state index contributed by atoms with van der Waals surface area (Å²) in [6, 6.07) is 8.70. The largest absolute Gasteiger partial charge is 0.493 e. The number of hydrogen-bond donors (Lipinski definition) is 0. The van der Waals surface area contributed by atoms with Gasteiger partial charge in [0.15, 0.2) is 28.7 Å². The van der Waals surface area contributed by atoms with Crippen molar-refractivity contribution >= 4 is 17.9 Å². The van der Waals surface area contributed by atoms with E-state index in [0.717, 1.165) is 5.56 Å². The molecule has 1 heterocycles. The van der Waals surface area contributed by atoms with Crippen molar-refractivity contribution in [3.8, 4) is 28.7 Å². The molecule has 0 fully saturated rings. The van der Waals surface area contributed by atoms with Crippen LogP contribution in [0.15, 0.2) is 41.0 Å². The molecule has 2 aromatic rings. The van der Waals surface area contributed by atoms with Crippen molar-refractivity contribution in [2.24, 2.45) is 4.99 Å². The van der Waals surface area contributed by atoms with Crippen LogP contribution in [0.3, 0.4) is 0 Å². The zero-order valence-corrected chi connectivity index (χ0v) is 18.3. The second kappa shape index (κ2) is 9.42. The number of carbonyl (C=O) groups is 1. The molecule has 0 N–H and O–H groups in total. The van der Waals surface area contributed by atoms with Gasteiger partial charge in [-0.2, -0.15) is 0 Å². The lowest BCUT2D eigenvalue weighted by Gasteiger charge is -2.13. The average Bonchev–Trinajstić information content (AvgIpc) is 3.13. The molecule has 164 valence electrons. The van der Waals surface area contributed by atoms with Gasteiger partial charge in [0.05, 0.1) is 34.5 Å². The first-order valence-corrected chi connectivity index (χ1v) is 9.57. The molecule has 0 bridgehead atoms. The fourth-order valence-electron chi connectivity index (χ4n) is 3.02. The highest BCUT2D eigenvalue weighted by Crippen LogP contribution is 2.39. The van der Waals surface area contributed by atoms with E-state index in [1.807, 2.05) is 19.9 Å². The van der Waals surface area contributed by atoms with Crippen molar-refractivity contribution in [3.63, 3.8) is 0 Å². The van der Waals surface area contributed by atoms with Crippen LogP contribution in [0.2, 0.25) is 0 Å². The number of hydrogen-bond acceptors (Lipinski definition) is 8. The molecule has 0 saturated heterocycles. The fraction of sp³-hybridized carbons (Fsp3) is 0.304. The molecule has 8 heteroatoms. The minimum atomic E-state index is -0.565. The Balaban J connectivity index is 1.96. The van der Waals surface area contributed by atoms with Gasteiger partial charge in [0.2, 0.25) is 11.6 Å². The van der Waals surface area contributed by atoms with Gasteiger partial charge in [-0.05, 0) is 49.8 Å². The molecule has 2 aromatic carbocycles. The van der Waals surface area contributed by atoms with E-state index in [1.54, 1.807) is 37.5 Å². The summed E-state index contributed by atoms with van der Waals surface area (Å²) in [6.45, 7) is 3.87. The maximum atomic E-state index is 12.4. The lowest BCUT2D eigenvalue weighted by atomic mass is 10.1. The number of benzene rings is 2. The molecule has 8 nitrogen and oxygen atoms in total. The van der Waals surface area contributed by atoms with Gasteiger partial charge in [-0.15, -0.1) is 0 Å². The third-order valence-electron chi connectivity index (χ3n) is 4.39. The summed E-state index contributed by atoms with van der Waals surface area (Å²) >= 11 is 0. The van der Waals surface area contributed by atoms with E-state index in [0.29, 0.717) is 34.3 Å². The maximum absolute atomic E-state index is 12.4. The standard InChI is InChI=1S/C23H25NO7/c1-13(2)30-17-8-7-14(10-18(17)26-3)9-16-23(25)31-22(24-16)15-11-19(27-4)21(29-6)20(12-15)28-5/h7-13H,1-6H3/b16-9-. The quantitative estimate of drug-likeness (QED) is 0.467. The molecule has 0 radical (unpaired) electrons. The number of esters is 1. The van der Waals surface area contributed by atoms with Gasteiger partial charge in [0, 0.05) is 5.56 Å². The summed E-state index contributed by atoms with van der Waals surface area (Å²) in [7, 11) is 6.09. The number of aliphatic imine (C=N–C) groups is 1. The Bertz CT molecular complexity index is 1020. The second-order valence-electron chi connectivity index (χ2n) is 6.83. The number of ether oxygens (including phenoxy) is 6. The molecule has 0 amide bonds. The Hall–Kier alpha value is -3.68. The highest BCUT2D eigenvalue weighted by Gasteiger charge is 2.26. The van der Waals surface area contributed by atoms with Crippen LogP contribution in [0.25, 0.3) is 6.08 Å². The van der Waals surface area contributed by atoms with E-state index in [4.69, 9.17) is 28.4 Å². The van der Waals surface area contributed by atoms with E-state index in [-0.39, 0.29) is 17.7 Å². The van der Waals surface area contributed by atoms with Crippen LogP contribution in [0, 0.1) is 0 Å². The smallest absolute Gasteiger partial charge is 0.363 e. The lowest BCUT2D eigenvalue weighted by molar-refractivity contribution is -0.129. The predicted molar refractivity (Wildman–Crippen MR) is 115 cm³/mol. The zero-order chi connectivity index (χ0) is 22.5. The first kappa shape index (κ1) is 22.0. The molecular formula is C23H25NO7. The van der Waals surface area contributed by atoms with Crippen molar-refractivity contribution < 1.29 is 33.2 Å². The normalized spacial score (nSPS) is 14.4. The Kier molecular flexibility index (Phi) is 6.69. The van der Waals surface area contributed by atoms with Gasteiger partial charge in [0.1, 0.15) is 0 Å². The van der Waals surface area contributed by atoms with Crippen molar-refractivity contribution in [2.75, 3.05) is 28.4 Å². The van der Waals surface area contributed by atoms with Crippen LogP contribution in [-0.2, 0) is 9.53 Å². The minimum Gasteiger partial charge on any atom is -0.493 e. The van der Waals surface area contributed by atoms with Crippen LogP contribution in [0.5, 0.6) is 28.7 Å². The molecule has 1 aliphatic heterocycles. The van der Waals surface area contributed by atoms with Gasteiger partial charge < -0.3 is 28.4 Å². The van der Waals surface area contributed by atoms with E-state index < -0.39 is 5.97 Å². The SMILES string of the molecule is COc1cc(/C=C2\N=C(c3cc(OC)c(OC)c(OC)c3)OC2=O)ccc1OC(C)C. The molecule has 0 aromatic heterocycles. The molecule has 0 aliphatic carbocycles. The van der Waals surface area contributed by atoms with E-state index in [2.05, 4.69) is 4.99 Å². The van der Waals surface area contributed by atoms with Crippen LogP contribution in [-0.4, -0.2) is 46.4 Å². The highest BCUT2D eigenvalue weighted by atomic mass is 16.6. The fourth-order valence-corrected chi connectivity index (χ4v) is 3.02. The third kappa shape index (κ3) is 4.74. The molecule has 0 saturated carbocycles. The summed E-state index contributed by atoms with van der Waals surface area (Å²) in [5, 5.41) is 0. The Labute approximate surface area is 181 Å². The van der Waals surface area contributed by atoms with Crippen LogP contribution < -0.4 is 23.7 Å². The molecule has 0 spiro atoms. The summed E-state index contributed by atoms with van der Waals surface area (Å²) in [6.07, 6.45) is 1.63. The van der Waals surface area contributed by atoms with Gasteiger partial charge >= 0.3 is 5.97 Å². The van der Waals surface area contributed by atoms with Gasteiger partial charge in [0.25, 0.3) is 0 Å². The first-order chi connectivity index (χ1) is 14.9. The number of rotatable bonds is 8. The summed E-state index contributed by atoms with van der Waals surface area (Å²) in [5.41, 5.74) is 1.39. The second-order valence-corrected chi connectivity index (χ2v) is 6.83. The van der Waals surface area contributed by atoms with Crippen LogP contribution in [0.4, 0.5) is 0 Å². The van der Waals surface area contributed by atoms with Crippen molar-refractivity contribution in [1.82, 2.24) is 0 Å². The predicted octanol–water partition coefficient (Wildman–Crippen LogP) is 3.85. The summed E-state index contributed by atoms with van der Waals surface area (Å²) in [4.78, 5) is 16.8. The maximum Gasteiger partial charge on any atom is 0.363 e. The molecule has 0 unspecified atom stereocenters. The molecular weight excluding hydrogens is 402 g/mol. The van der Waals surface area contributed by atoms with Crippen LogP contribution in [0.1, 0.15) is 25.0 Å². The third-order valence-corrected chi connectivity index (χ3v) is 4.39. The molecule has 1 aliphatic rings. The number of cyclic esters (lactones) is 1. The van der Waals surface area contributed by atoms with Gasteiger partial charge in [-0.1, -0.05) is 6.07 Å². The average molecular weight is 427 g/mol. The topological polar surface area (TPSA) is 84.8 Å². The summed E-state index contributed by atoms with van der Waals surface area (Å²) < 4.78 is 32.5. The molecule has 31 heavy (non-hydrogen) atoms. The molecule has 3 rings (SSSR count). The number of methoxy groups -OCH3 is 4. The van der Waals surface area contributed by atoms with Crippen molar-refractivity contribution in [1.29, 1.82) is 0 Å². The minimum absolute atomic E-state index is 0.00792. The highest BCUT2D eigenvalue weighted by molar-refractivity contribution is 6.13. The Morgan fingerprint density at radius 3 is 2.06 bits per heavy atom. The first-order valence-electron chi connectivity index (χ1n) is 9.57. The Morgan fingerprint density at radius 1 is 0.871 bits per heavy atom. The van der Waals surface area contributed by atoms with Crippen molar-refractivity contribution in [3.05, 3.63) is 47.2 Å². The summed E-state index contributed by atoms with van der Waals surface area (Å²) in [5.74, 6) is 2.05. The number of nitrogens with zero attached hydrogens (tertiary/aromatic N) is 1. The molecule has 0 atom stereocenters. The van der Waals surface area contributed by atoms with Gasteiger partial charge in [-0.3, -0.25) is 0 Å². The van der Waals surface area contributed by atoms with E-state index in [9.17, 15) is 4.79 Å². The van der Waals surface area contributed by atoms with Crippen LogP contribution >= 0.6 is 0 Å². The monoisotopic (exact) mass is 427 g/mol.